The predicted molar refractivity (Wildman–Crippen MR) is 60.4 cm³/mol. The van der Waals surface area contributed by atoms with Crippen molar-refractivity contribution in [3.63, 3.8) is 0 Å². The van der Waals surface area contributed by atoms with Crippen LogP contribution >= 0.6 is 0 Å². The van der Waals surface area contributed by atoms with Crippen LogP contribution < -0.4 is 0 Å². The molecule has 0 spiro atoms. The van der Waals surface area contributed by atoms with E-state index in [9.17, 15) is 4.79 Å². The Morgan fingerprint density at radius 3 is 2.88 bits per heavy atom. The maximum Gasteiger partial charge on any atom is 0.168 e. The highest BCUT2D eigenvalue weighted by atomic mass is 16.5. The van der Waals surface area contributed by atoms with Crippen LogP contribution in [0.1, 0.15) is 10.5 Å². The van der Waals surface area contributed by atoms with E-state index in [-0.39, 0.29) is 0 Å². The normalized spacial score (nSPS) is 10.6. The average Bonchev–Trinajstić information content (AvgIpc) is 2.91. The number of nitrogens with zero attached hydrogens (tertiary/aromatic N) is 3. The van der Waals surface area contributed by atoms with Gasteiger partial charge in [0, 0.05) is 16.2 Å². The summed E-state index contributed by atoms with van der Waals surface area (Å²) in [5.74, 6) is 0. The summed E-state index contributed by atoms with van der Waals surface area (Å²) in [5.41, 5.74) is 2.49. The van der Waals surface area contributed by atoms with Crippen molar-refractivity contribution in [1.29, 1.82) is 0 Å². The number of para-hydroxylation sites is 1. The summed E-state index contributed by atoms with van der Waals surface area (Å²) in [5, 5.41) is 8.19. The number of carbonyl (C=O) groups is 1. The molecule has 2 aromatic heterocycles. The van der Waals surface area contributed by atoms with Crippen molar-refractivity contribution in [3.8, 4) is 11.3 Å². The topological polar surface area (TPSA) is 68.9 Å². The monoisotopic (exact) mass is 225 g/mol. The molecule has 1 aromatic carbocycles. The number of pyridine rings is 1. The van der Waals surface area contributed by atoms with Crippen LogP contribution in [-0.4, -0.2) is 21.6 Å². The van der Waals surface area contributed by atoms with Gasteiger partial charge in [-0.1, -0.05) is 18.2 Å². The molecule has 5 heteroatoms. The smallest absolute Gasteiger partial charge is 0.168 e. The Balaban J connectivity index is 2.39. The van der Waals surface area contributed by atoms with Gasteiger partial charge in [-0.2, -0.15) is 0 Å². The van der Waals surface area contributed by atoms with Gasteiger partial charge in [-0.3, -0.25) is 4.79 Å². The fraction of sp³-hybridized carbons (Fsp3) is 0. The predicted octanol–water partition coefficient (Wildman–Crippen LogP) is 2.10. The summed E-state index contributed by atoms with van der Waals surface area (Å²) >= 11 is 0. The number of aldehydes is 1. The van der Waals surface area contributed by atoms with Crippen LogP contribution in [0.25, 0.3) is 22.2 Å². The van der Waals surface area contributed by atoms with E-state index < -0.39 is 0 Å². The van der Waals surface area contributed by atoms with Crippen molar-refractivity contribution in [3.05, 3.63) is 42.3 Å². The Morgan fingerprint density at radius 1 is 1.24 bits per heavy atom. The first-order valence-electron chi connectivity index (χ1n) is 5.01. The van der Waals surface area contributed by atoms with Crippen LogP contribution in [0.3, 0.4) is 0 Å². The lowest BCUT2D eigenvalue weighted by Crippen LogP contribution is -1.91. The molecule has 0 N–H and O–H groups in total. The van der Waals surface area contributed by atoms with Gasteiger partial charge in [-0.05, 0) is 12.1 Å². The van der Waals surface area contributed by atoms with E-state index in [1.165, 1.54) is 6.26 Å². The lowest BCUT2D eigenvalue weighted by Gasteiger charge is -2.03. The Bertz CT molecular complexity index is 677. The van der Waals surface area contributed by atoms with Gasteiger partial charge in [0.2, 0.25) is 0 Å². The van der Waals surface area contributed by atoms with E-state index in [2.05, 4.69) is 15.4 Å². The molecular weight excluding hydrogens is 218 g/mol. The third kappa shape index (κ3) is 1.57. The summed E-state index contributed by atoms with van der Waals surface area (Å²) in [6, 6.07) is 9.21. The molecule has 2 heterocycles. The SMILES string of the molecule is O=Cc1cc(-c2conn2)c2ccccc2n1. The summed E-state index contributed by atoms with van der Waals surface area (Å²) in [7, 11) is 0. The van der Waals surface area contributed by atoms with E-state index in [0.717, 1.165) is 16.5 Å². The van der Waals surface area contributed by atoms with Gasteiger partial charge in [-0.25, -0.2) is 4.98 Å². The number of hydrogen-bond donors (Lipinski definition) is 0. The summed E-state index contributed by atoms with van der Waals surface area (Å²) in [6.07, 6.45) is 2.15. The second kappa shape index (κ2) is 3.79. The molecule has 0 saturated carbocycles. The fourth-order valence-electron chi connectivity index (χ4n) is 1.75. The molecule has 82 valence electrons. The number of rotatable bonds is 2. The highest BCUT2D eigenvalue weighted by molar-refractivity contribution is 5.95. The van der Waals surface area contributed by atoms with Gasteiger partial charge in [0.05, 0.1) is 5.52 Å². The zero-order valence-corrected chi connectivity index (χ0v) is 8.70. The van der Waals surface area contributed by atoms with E-state index in [1.807, 2.05) is 24.3 Å². The highest BCUT2D eigenvalue weighted by Crippen LogP contribution is 2.26. The minimum Gasteiger partial charge on any atom is -0.345 e. The van der Waals surface area contributed by atoms with Crippen molar-refractivity contribution in [2.75, 3.05) is 0 Å². The molecular formula is C12H7N3O2. The molecule has 0 bridgehead atoms. The van der Waals surface area contributed by atoms with E-state index >= 15 is 0 Å². The van der Waals surface area contributed by atoms with Crippen molar-refractivity contribution in [2.24, 2.45) is 0 Å². The molecule has 5 nitrogen and oxygen atoms in total. The van der Waals surface area contributed by atoms with Crippen molar-refractivity contribution >= 4 is 17.2 Å². The van der Waals surface area contributed by atoms with Gasteiger partial charge in [-0.15, -0.1) is 5.10 Å². The van der Waals surface area contributed by atoms with Crippen molar-refractivity contribution in [1.82, 2.24) is 15.4 Å². The highest BCUT2D eigenvalue weighted by Gasteiger charge is 2.09. The minimum absolute atomic E-state index is 0.363. The second-order valence-electron chi connectivity index (χ2n) is 3.52. The number of benzene rings is 1. The minimum atomic E-state index is 0.363. The Labute approximate surface area is 96.1 Å². The van der Waals surface area contributed by atoms with Crippen LogP contribution in [0.2, 0.25) is 0 Å². The van der Waals surface area contributed by atoms with Gasteiger partial charge in [0.1, 0.15) is 11.4 Å². The Kier molecular flexibility index (Phi) is 2.15. The van der Waals surface area contributed by atoms with E-state index in [4.69, 9.17) is 4.52 Å². The van der Waals surface area contributed by atoms with Crippen LogP contribution in [0, 0.1) is 0 Å². The van der Waals surface area contributed by atoms with Gasteiger partial charge >= 0.3 is 0 Å². The second-order valence-corrected chi connectivity index (χ2v) is 3.52. The largest absolute Gasteiger partial charge is 0.345 e. The third-order valence-corrected chi connectivity index (χ3v) is 2.49. The number of hydrogen-bond acceptors (Lipinski definition) is 5. The Morgan fingerprint density at radius 2 is 2.12 bits per heavy atom. The molecule has 0 atom stereocenters. The third-order valence-electron chi connectivity index (χ3n) is 2.49. The summed E-state index contributed by atoms with van der Waals surface area (Å²) < 4.78 is 4.72. The average molecular weight is 225 g/mol. The van der Waals surface area contributed by atoms with Crippen LogP contribution in [0.15, 0.2) is 41.1 Å². The number of aromatic nitrogens is 3. The lowest BCUT2D eigenvalue weighted by atomic mass is 10.1. The van der Waals surface area contributed by atoms with Gasteiger partial charge in [0.15, 0.2) is 12.5 Å². The number of fused-ring (bicyclic) bond motifs is 1. The van der Waals surface area contributed by atoms with E-state index in [0.29, 0.717) is 17.7 Å². The molecule has 3 rings (SSSR count). The fourth-order valence-corrected chi connectivity index (χ4v) is 1.75. The van der Waals surface area contributed by atoms with Crippen LogP contribution in [-0.2, 0) is 0 Å². The molecule has 3 aromatic rings. The first-order valence-corrected chi connectivity index (χ1v) is 5.01. The summed E-state index contributed by atoms with van der Waals surface area (Å²) in [4.78, 5) is 15.1. The molecule has 0 amide bonds. The quantitative estimate of drug-likeness (QED) is 0.624. The molecule has 0 unspecified atom stereocenters. The maximum absolute atomic E-state index is 10.9. The summed E-state index contributed by atoms with van der Waals surface area (Å²) in [6.45, 7) is 0. The van der Waals surface area contributed by atoms with Crippen molar-refractivity contribution < 1.29 is 9.32 Å². The van der Waals surface area contributed by atoms with Gasteiger partial charge < -0.3 is 4.52 Å². The number of carbonyl (C=O) groups excluding carboxylic acids is 1. The molecule has 0 radical (unpaired) electrons. The molecule has 0 saturated heterocycles. The molecule has 0 fully saturated rings. The van der Waals surface area contributed by atoms with Crippen LogP contribution in [0.5, 0.6) is 0 Å². The molecule has 0 aliphatic heterocycles. The zero-order chi connectivity index (χ0) is 11.7. The lowest BCUT2D eigenvalue weighted by molar-refractivity contribution is 0.111. The molecule has 17 heavy (non-hydrogen) atoms. The molecule has 0 aliphatic carbocycles. The first-order chi connectivity index (χ1) is 8.38. The molecule has 0 aliphatic rings. The van der Waals surface area contributed by atoms with Gasteiger partial charge in [0.25, 0.3) is 0 Å². The standard InChI is InChI=1S/C12H7N3O2/c16-6-8-5-10(12-7-17-15-14-12)9-3-1-2-4-11(9)13-8/h1-7H. The van der Waals surface area contributed by atoms with Crippen LogP contribution in [0.4, 0.5) is 0 Å². The first kappa shape index (κ1) is 9.65. The van der Waals surface area contributed by atoms with Crippen molar-refractivity contribution in [2.45, 2.75) is 0 Å². The zero-order valence-electron chi connectivity index (χ0n) is 8.70. The Hall–Kier alpha value is -2.56. The maximum atomic E-state index is 10.9. The van der Waals surface area contributed by atoms with E-state index in [1.54, 1.807) is 6.07 Å².